The number of hydrogen-bond acceptors (Lipinski definition) is 4. The molecule has 1 saturated heterocycles. The number of aliphatic hydroxyl groups is 1. The molecule has 0 aliphatic carbocycles. The van der Waals surface area contributed by atoms with Gasteiger partial charge in [-0.05, 0) is 18.6 Å². The van der Waals surface area contributed by atoms with Crippen LogP contribution in [-0.4, -0.2) is 36.3 Å². The van der Waals surface area contributed by atoms with Crippen molar-refractivity contribution in [2.75, 3.05) is 31.1 Å². The van der Waals surface area contributed by atoms with Gasteiger partial charge in [-0.15, -0.1) is 0 Å². The van der Waals surface area contributed by atoms with Crippen LogP contribution in [0, 0.1) is 6.92 Å². The van der Waals surface area contributed by atoms with Gasteiger partial charge in [0.25, 0.3) is 0 Å². The lowest BCUT2D eigenvalue weighted by Gasteiger charge is -2.28. The van der Waals surface area contributed by atoms with Crippen molar-refractivity contribution in [3.05, 3.63) is 23.4 Å². The maximum atomic E-state index is 9.06. The molecule has 15 heavy (non-hydrogen) atoms. The summed E-state index contributed by atoms with van der Waals surface area (Å²) in [6, 6.07) is 3.95. The molecular weight excluding hydrogens is 190 g/mol. The van der Waals surface area contributed by atoms with Gasteiger partial charge in [0.05, 0.1) is 6.61 Å². The van der Waals surface area contributed by atoms with Crippen LogP contribution in [0.2, 0.25) is 0 Å². The van der Waals surface area contributed by atoms with Crippen molar-refractivity contribution in [1.29, 1.82) is 0 Å². The van der Waals surface area contributed by atoms with Gasteiger partial charge in [-0.3, -0.25) is 0 Å². The van der Waals surface area contributed by atoms with Crippen LogP contribution in [0.3, 0.4) is 0 Å². The topological polar surface area (TPSA) is 48.4 Å². The molecule has 0 aromatic carbocycles. The fourth-order valence-corrected chi connectivity index (χ4v) is 1.81. The lowest BCUT2D eigenvalue weighted by atomic mass is 10.2. The first-order chi connectivity index (χ1) is 7.31. The molecule has 0 bridgehead atoms. The van der Waals surface area contributed by atoms with E-state index in [-0.39, 0.29) is 6.61 Å². The van der Waals surface area contributed by atoms with Gasteiger partial charge in [0, 0.05) is 31.9 Å². The lowest BCUT2D eigenvalue weighted by molar-refractivity contribution is 0.280. The number of anilines is 1. The first kappa shape index (κ1) is 10.4. The molecule has 82 valence electrons. The fourth-order valence-electron chi connectivity index (χ4n) is 1.81. The smallest absolute Gasteiger partial charge is 0.128 e. The van der Waals surface area contributed by atoms with Crippen LogP contribution in [0.25, 0.3) is 0 Å². The van der Waals surface area contributed by atoms with E-state index in [1.807, 2.05) is 19.1 Å². The monoisotopic (exact) mass is 207 g/mol. The summed E-state index contributed by atoms with van der Waals surface area (Å²) in [4.78, 5) is 6.77. The van der Waals surface area contributed by atoms with E-state index in [9.17, 15) is 0 Å². The van der Waals surface area contributed by atoms with E-state index in [1.165, 1.54) is 0 Å². The van der Waals surface area contributed by atoms with E-state index < -0.39 is 0 Å². The number of aryl methyl sites for hydroxylation is 1. The largest absolute Gasteiger partial charge is 0.392 e. The summed E-state index contributed by atoms with van der Waals surface area (Å²) >= 11 is 0. The second-order valence-corrected chi connectivity index (χ2v) is 3.81. The quantitative estimate of drug-likeness (QED) is 0.732. The van der Waals surface area contributed by atoms with Crippen molar-refractivity contribution in [3.8, 4) is 0 Å². The number of piperazine rings is 1. The van der Waals surface area contributed by atoms with E-state index in [4.69, 9.17) is 5.11 Å². The highest BCUT2D eigenvalue weighted by Gasteiger charge is 2.12. The van der Waals surface area contributed by atoms with Crippen LogP contribution in [0.5, 0.6) is 0 Å². The second kappa shape index (κ2) is 4.59. The van der Waals surface area contributed by atoms with E-state index in [1.54, 1.807) is 0 Å². The van der Waals surface area contributed by atoms with Crippen LogP contribution in [0.15, 0.2) is 12.1 Å². The average Bonchev–Trinajstić information content (AvgIpc) is 2.30. The molecule has 2 N–H and O–H groups in total. The lowest BCUT2D eigenvalue weighted by Crippen LogP contribution is -2.43. The highest BCUT2D eigenvalue weighted by Crippen LogP contribution is 2.15. The minimum Gasteiger partial charge on any atom is -0.392 e. The van der Waals surface area contributed by atoms with Crippen LogP contribution >= 0.6 is 0 Å². The second-order valence-electron chi connectivity index (χ2n) is 3.81. The molecule has 1 aliphatic heterocycles. The van der Waals surface area contributed by atoms with Gasteiger partial charge >= 0.3 is 0 Å². The third-order valence-corrected chi connectivity index (χ3v) is 2.79. The van der Waals surface area contributed by atoms with Crippen molar-refractivity contribution in [2.24, 2.45) is 0 Å². The van der Waals surface area contributed by atoms with Gasteiger partial charge in [0.1, 0.15) is 5.82 Å². The summed E-state index contributed by atoms with van der Waals surface area (Å²) in [6.07, 6.45) is 0. The maximum absolute atomic E-state index is 9.06. The highest BCUT2D eigenvalue weighted by atomic mass is 16.3. The van der Waals surface area contributed by atoms with E-state index in [0.717, 1.165) is 43.3 Å². The maximum Gasteiger partial charge on any atom is 0.128 e. The van der Waals surface area contributed by atoms with E-state index >= 15 is 0 Å². The van der Waals surface area contributed by atoms with Crippen molar-refractivity contribution in [1.82, 2.24) is 10.3 Å². The van der Waals surface area contributed by atoms with Crippen LogP contribution in [0.4, 0.5) is 5.82 Å². The van der Waals surface area contributed by atoms with Gasteiger partial charge in [-0.1, -0.05) is 6.07 Å². The Morgan fingerprint density at radius 1 is 1.40 bits per heavy atom. The summed E-state index contributed by atoms with van der Waals surface area (Å²) in [5.41, 5.74) is 1.84. The number of nitrogens with zero attached hydrogens (tertiary/aromatic N) is 2. The summed E-state index contributed by atoms with van der Waals surface area (Å²) in [5, 5.41) is 12.4. The Morgan fingerprint density at radius 3 is 2.73 bits per heavy atom. The number of aliphatic hydroxyl groups excluding tert-OH is 1. The average molecular weight is 207 g/mol. The molecular formula is C11H17N3O. The summed E-state index contributed by atoms with van der Waals surface area (Å²) in [7, 11) is 0. The van der Waals surface area contributed by atoms with Crippen molar-refractivity contribution >= 4 is 5.82 Å². The zero-order valence-electron chi connectivity index (χ0n) is 9.03. The number of nitrogens with one attached hydrogen (secondary N) is 1. The zero-order chi connectivity index (χ0) is 10.7. The molecule has 2 heterocycles. The summed E-state index contributed by atoms with van der Waals surface area (Å²) in [6.45, 7) is 6.05. The molecule has 4 heteroatoms. The minimum atomic E-state index is 0.0701. The Balaban J connectivity index is 2.17. The van der Waals surface area contributed by atoms with Crippen LogP contribution in [-0.2, 0) is 6.61 Å². The molecule has 1 aromatic rings. The number of aromatic nitrogens is 1. The number of rotatable bonds is 2. The molecule has 0 radical (unpaired) electrons. The Hall–Kier alpha value is -1.13. The third-order valence-electron chi connectivity index (χ3n) is 2.79. The Kier molecular flexibility index (Phi) is 3.18. The Morgan fingerprint density at radius 2 is 2.13 bits per heavy atom. The van der Waals surface area contributed by atoms with Gasteiger partial charge in [0.15, 0.2) is 0 Å². The molecule has 0 atom stereocenters. The number of pyridine rings is 1. The van der Waals surface area contributed by atoms with Crippen molar-refractivity contribution in [2.45, 2.75) is 13.5 Å². The van der Waals surface area contributed by atoms with Gasteiger partial charge < -0.3 is 15.3 Å². The zero-order valence-corrected chi connectivity index (χ0v) is 9.03. The predicted octanol–water partition coefficient (Wildman–Crippen LogP) is 0.292. The first-order valence-electron chi connectivity index (χ1n) is 5.34. The molecule has 1 fully saturated rings. The highest BCUT2D eigenvalue weighted by molar-refractivity contribution is 5.42. The van der Waals surface area contributed by atoms with Crippen molar-refractivity contribution in [3.63, 3.8) is 0 Å². The third kappa shape index (κ3) is 2.27. The molecule has 1 aliphatic rings. The predicted molar refractivity (Wildman–Crippen MR) is 60.0 cm³/mol. The van der Waals surface area contributed by atoms with Crippen LogP contribution in [0.1, 0.15) is 11.3 Å². The SMILES string of the molecule is Cc1nc(N2CCNCC2)ccc1CO. The van der Waals surface area contributed by atoms with Gasteiger partial charge in [-0.25, -0.2) is 4.98 Å². The number of hydrogen-bond donors (Lipinski definition) is 2. The first-order valence-corrected chi connectivity index (χ1v) is 5.34. The molecule has 2 rings (SSSR count). The Bertz CT molecular complexity index is 335. The molecule has 4 nitrogen and oxygen atoms in total. The molecule has 0 spiro atoms. The fraction of sp³-hybridized carbons (Fsp3) is 0.545. The van der Waals surface area contributed by atoms with Crippen LogP contribution < -0.4 is 10.2 Å². The van der Waals surface area contributed by atoms with Crippen molar-refractivity contribution < 1.29 is 5.11 Å². The molecule has 0 saturated carbocycles. The summed E-state index contributed by atoms with van der Waals surface area (Å²) < 4.78 is 0. The normalized spacial score (nSPS) is 16.8. The summed E-state index contributed by atoms with van der Waals surface area (Å²) in [5.74, 6) is 1.02. The molecule has 1 aromatic heterocycles. The van der Waals surface area contributed by atoms with Gasteiger partial charge in [0.2, 0.25) is 0 Å². The van der Waals surface area contributed by atoms with E-state index in [2.05, 4.69) is 15.2 Å². The standard InChI is InChI=1S/C11H17N3O/c1-9-10(8-15)2-3-11(13-9)14-6-4-12-5-7-14/h2-3,12,15H,4-8H2,1H3. The van der Waals surface area contributed by atoms with Gasteiger partial charge in [-0.2, -0.15) is 0 Å². The Labute approximate surface area is 89.9 Å². The van der Waals surface area contributed by atoms with E-state index in [0.29, 0.717) is 0 Å². The molecule has 0 amide bonds. The minimum absolute atomic E-state index is 0.0701. The molecule has 0 unspecified atom stereocenters.